The smallest absolute Gasteiger partial charge is 0.271 e. The Bertz CT molecular complexity index is 1170. The maximum Gasteiger partial charge on any atom is 0.271 e. The molecule has 2 heterocycles. The van der Waals surface area contributed by atoms with E-state index in [1.54, 1.807) is 4.90 Å². The van der Waals surface area contributed by atoms with Crippen molar-refractivity contribution in [3.05, 3.63) is 57.4 Å². The quantitative estimate of drug-likeness (QED) is 0.373. The lowest BCUT2D eigenvalue weighted by Crippen LogP contribution is -2.36. The molecule has 0 radical (unpaired) electrons. The maximum absolute atomic E-state index is 13.5. The van der Waals surface area contributed by atoms with Gasteiger partial charge in [-0.3, -0.25) is 9.69 Å². The standard InChI is InChI=1S/C20H17Cl2N3OS2/c1-24(2)10-11-25(20-23-17-13(21)7-5-9-15(17)28-20)19(26)18-16(22)12-6-3-4-8-14(12)27-18/h3-9H,10-11H2,1-2H3. The minimum atomic E-state index is -0.136. The number of hydrogen-bond acceptors (Lipinski definition) is 5. The van der Waals surface area contributed by atoms with Gasteiger partial charge in [0.2, 0.25) is 0 Å². The van der Waals surface area contributed by atoms with Gasteiger partial charge in [-0.1, -0.05) is 58.8 Å². The van der Waals surface area contributed by atoms with Crippen LogP contribution in [0.1, 0.15) is 9.67 Å². The highest BCUT2D eigenvalue weighted by Gasteiger charge is 2.26. The van der Waals surface area contributed by atoms with E-state index < -0.39 is 0 Å². The Morgan fingerprint density at radius 3 is 2.46 bits per heavy atom. The van der Waals surface area contributed by atoms with Crippen LogP contribution in [-0.4, -0.2) is 43.0 Å². The van der Waals surface area contributed by atoms with E-state index in [4.69, 9.17) is 23.2 Å². The fraction of sp³-hybridized carbons (Fsp3) is 0.200. The fourth-order valence-electron chi connectivity index (χ4n) is 2.88. The number of rotatable bonds is 5. The van der Waals surface area contributed by atoms with Crippen LogP contribution >= 0.6 is 45.9 Å². The van der Waals surface area contributed by atoms with Crippen LogP contribution in [0.4, 0.5) is 5.13 Å². The third kappa shape index (κ3) is 3.63. The van der Waals surface area contributed by atoms with Crippen LogP contribution in [0.25, 0.3) is 20.3 Å². The monoisotopic (exact) mass is 449 g/mol. The molecule has 0 N–H and O–H groups in total. The number of fused-ring (bicyclic) bond motifs is 2. The minimum absolute atomic E-state index is 0.136. The summed E-state index contributed by atoms with van der Waals surface area (Å²) < 4.78 is 1.95. The number of nitrogens with zero attached hydrogens (tertiary/aromatic N) is 3. The van der Waals surface area contributed by atoms with Crippen LogP contribution in [0.5, 0.6) is 0 Å². The SMILES string of the molecule is CN(C)CCN(C(=O)c1sc2ccccc2c1Cl)c1nc2c(Cl)cccc2s1. The summed E-state index contributed by atoms with van der Waals surface area (Å²) in [5.74, 6) is -0.136. The largest absolute Gasteiger partial charge is 0.308 e. The first-order chi connectivity index (χ1) is 13.5. The number of likely N-dealkylation sites (N-methyl/N-ethyl adjacent to an activating group) is 1. The molecule has 0 fully saturated rings. The van der Waals surface area contributed by atoms with E-state index in [1.807, 2.05) is 61.5 Å². The van der Waals surface area contributed by atoms with Crippen molar-refractivity contribution in [3.63, 3.8) is 0 Å². The zero-order chi connectivity index (χ0) is 19.8. The number of carbonyl (C=O) groups is 1. The van der Waals surface area contributed by atoms with Crippen molar-refractivity contribution in [2.45, 2.75) is 0 Å². The Balaban J connectivity index is 1.79. The number of aromatic nitrogens is 1. The van der Waals surface area contributed by atoms with Crippen molar-refractivity contribution in [3.8, 4) is 0 Å². The molecular weight excluding hydrogens is 433 g/mol. The van der Waals surface area contributed by atoms with Gasteiger partial charge in [-0.05, 0) is 32.3 Å². The lowest BCUT2D eigenvalue weighted by atomic mass is 10.2. The number of carbonyl (C=O) groups excluding carboxylic acids is 1. The predicted octanol–water partition coefficient (Wildman–Crippen LogP) is 6.03. The molecule has 0 aliphatic carbocycles. The number of thiophene rings is 1. The molecule has 144 valence electrons. The highest BCUT2D eigenvalue weighted by molar-refractivity contribution is 7.23. The van der Waals surface area contributed by atoms with Crippen molar-refractivity contribution in [1.29, 1.82) is 0 Å². The first-order valence-corrected chi connectivity index (χ1v) is 11.0. The Morgan fingerprint density at radius 1 is 1.00 bits per heavy atom. The molecule has 8 heteroatoms. The van der Waals surface area contributed by atoms with Gasteiger partial charge in [0.15, 0.2) is 5.13 Å². The van der Waals surface area contributed by atoms with Crippen LogP contribution < -0.4 is 4.90 Å². The van der Waals surface area contributed by atoms with Crippen LogP contribution in [0.15, 0.2) is 42.5 Å². The zero-order valence-electron chi connectivity index (χ0n) is 15.3. The summed E-state index contributed by atoms with van der Waals surface area (Å²) >= 11 is 15.7. The number of halogens is 2. The number of benzene rings is 2. The Kier molecular flexibility index (Phi) is 5.58. The molecule has 4 rings (SSSR count). The van der Waals surface area contributed by atoms with Gasteiger partial charge in [0.25, 0.3) is 5.91 Å². The van der Waals surface area contributed by atoms with Gasteiger partial charge in [-0.25, -0.2) is 4.98 Å². The molecule has 4 nitrogen and oxygen atoms in total. The van der Waals surface area contributed by atoms with E-state index in [2.05, 4.69) is 4.98 Å². The molecule has 0 aliphatic heterocycles. The van der Waals surface area contributed by atoms with Crippen molar-refractivity contribution >= 4 is 77.2 Å². The van der Waals surface area contributed by atoms with Gasteiger partial charge in [0.05, 0.1) is 14.7 Å². The summed E-state index contributed by atoms with van der Waals surface area (Å²) in [6.45, 7) is 1.21. The Labute approximate surface area is 180 Å². The van der Waals surface area contributed by atoms with E-state index in [-0.39, 0.29) is 5.91 Å². The predicted molar refractivity (Wildman–Crippen MR) is 122 cm³/mol. The second-order valence-electron chi connectivity index (χ2n) is 6.58. The molecule has 2 aromatic heterocycles. The molecule has 0 bridgehead atoms. The number of hydrogen-bond donors (Lipinski definition) is 0. The minimum Gasteiger partial charge on any atom is -0.308 e. The summed E-state index contributed by atoms with van der Waals surface area (Å²) in [4.78, 5) is 22.4. The van der Waals surface area contributed by atoms with Gasteiger partial charge >= 0.3 is 0 Å². The Hall–Kier alpha value is -1.70. The summed E-state index contributed by atoms with van der Waals surface area (Å²) in [5.41, 5.74) is 0.717. The molecule has 28 heavy (non-hydrogen) atoms. The van der Waals surface area contributed by atoms with Crippen molar-refractivity contribution in [2.24, 2.45) is 0 Å². The van der Waals surface area contributed by atoms with Gasteiger partial charge < -0.3 is 4.90 Å². The number of thiazole rings is 1. The first kappa shape index (κ1) is 19.6. The van der Waals surface area contributed by atoms with Crippen molar-refractivity contribution in [2.75, 3.05) is 32.1 Å². The van der Waals surface area contributed by atoms with Gasteiger partial charge in [0, 0.05) is 23.2 Å². The van der Waals surface area contributed by atoms with Crippen LogP contribution in [0.3, 0.4) is 0 Å². The molecule has 0 aliphatic rings. The van der Waals surface area contributed by atoms with Crippen molar-refractivity contribution < 1.29 is 4.79 Å². The second-order valence-corrected chi connectivity index (χ2v) is 9.43. The molecule has 2 aromatic carbocycles. The zero-order valence-corrected chi connectivity index (χ0v) is 18.4. The van der Waals surface area contributed by atoms with Crippen molar-refractivity contribution in [1.82, 2.24) is 9.88 Å². The molecule has 0 atom stereocenters. The van der Waals surface area contributed by atoms with Crippen LogP contribution in [0.2, 0.25) is 10.0 Å². The summed E-state index contributed by atoms with van der Waals surface area (Å²) in [6, 6.07) is 13.4. The third-order valence-corrected chi connectivity index (χ3v) is 7.35. The molecular formula is C20H17Cl2N3OS2. The first-order valence-electron chi connectivity index (χ1n) is 8.64. The van der Waals surface area contributed by atoms with Crippen LogP contribution in [-0.2, 0) is 0 Å². The lowest BCUT2D eigenvalue weighted by Gasteiger charge is -2.21. The van der Waals surface area contributed by atoms with E-state index in [0.717, 1.165) is 14.8 Å². The lowest BCUT2D eigenvalue weighted by molar-refractivity contribution is 0.0989. The number of anilines is 1. The summed E-state index contributed by atoms with van der Waals surface area (Å²) in [5, 5.41) is 2.61. The summed E-state index contributed by atoms with van der Waals surface area (Å²) in [7, 11) is 3.95. The number of para-hydroxylation sites is 1. The average Bonchev–Trinajstić information content (AvgIpc) is 3.24. The van der Waals surface area contributed by atoms with E-state index in [0.29, 0.717) is 38.7 Å². The highest BCUT2D eigenvalue weighted by atomic mass is 35.5. The van der Waals surface area contributed by atoms with E-state index in [9.17, 15) is 4.79 Å². The molecule has 0 saturated heterocycles. The molecule has 0 spiro atoms. The average molecular weight is 450 g/mol. The maximum atomic E-state index is 13.5. The third-order valence-electron chi connectivity index (χ3n) is 4.33. The number of amides is 1. The van der Waals surface area contributed by atoms with E-state index >= 15 is 0 Å². The van der Waals surface area contributed by atoms with E-state index in [1.165, 1.54) is 22.7 Å². The Morgan fingerprint density at radius 2 is 1.75 bits per heavy atom. The van der Waals surface area contributed by atoms with Gasteiger partial charge in [-0.15, -0.1) is 11.3 Å². The molecule has 1 amide bonds. The second kappa shape index (κ2) is 7.97. The molecule has 0 saturated carbocycles. The normalized spacial score (nSPS) is 11.6. The highest BCUT2D eigenvalue weighted by Crippen LogP contribution is 2.38. The topological polar surface area (TPSA) is 36.4 Å². The van der Waals surface area contributed by atoms with Gasteiger partial charge in [0.1, 0.15) is 10.4 Å². The summed E-state index contributed by atoms with van der Waals surface area (Å²) in [6.07, 6.45) is 0. The van der Waals surface area contributed by atoms with Gasteiger partial charge in [-0.2, -0.15) is 0 Å². The fourth-order valence-corrected chi connectivity index (χ4v) is 5.63. The molecule has 4 aromatic rings. The molecule has 0 unspecified atom stereocenters. The van der Waals surface area contributed by atoms with Crippen LogP contribution in [0, 0.1) is 0 Å².